The van der Waals surface area contributed by atoms with Crippen molar-refractivity contribution in [3.05, 3.63) is 28.8 Å². The molecule has 1 aromatic rings. The molecule has 0 atom stereocenters. The first-order valence-electron chi connectivity index (χ1n) is 8.75. The van der Waals surface area contributed by atoms with Crippen molar-refractivity contribution in [2.75, 3.05) is 30.8 Å². The van der Waals surface area contributed by atoms with Gasteiger partial charge in [0.1, 0.15) is 0 Å². The molecule has 0 radical (unpaired) electrons. The zero-order valence-corrected chi connectivity index (χ0v) is 17.0. The maximum atomic E-state index is 13.0. The van der Waals surface area contributed by atoms with Gasteiger partial charge in [-0.05, 0) is 38.0 Å². The number of esters is 1. The van der Waals surface area contributed by atoms with E-state index in [1.165, 1.54) is 17.3 Å². The maximum Gasteiger partial charge on any atom is 0.418 e. The maximum absolute atomic E-state index is 13.0. The molecular weight excluding hydrogens is 437 g/mol. The van der Waals surface area contributed by atoms with Crippen molar-refractivity contribution < 1.29 is 35.9 Å². The van der Waals surface area contributed by atoms with Crippen LogP contribution >= 0.6 is 11.6 Å². The van der Waals surface area contributed by atoms with Gasteiger partial charge >= 0.3 is 12.1 Å². The van der Waals surface area contributed by atoms with Gasteiger partial charge in [-0.25, -0.2) is 12.7 Å². The molecule has 1 amide bonds. The third-order valence-corrected chi connectivity index (χ3v) is 6.57. The number of piperidine rings is 1. The van der Waals surface area contributed by atoms with Gasteiger partial charge in [0, 0.05) is 18.1 Å². The highest BCUT2D eigenvalue weighted by atomic mass is 35.5. The summed E-state index contributed by atoms with van der Waals surface area (Å²) in [5.74, 6) is -2.24. The number of carbonyl (C=O) groups excluding carboxylic acids is 2. The summed E-state index contributed by atoms with van der Waals surface area (Å²) in [6, 6.07) is 2.88. The van der Waals surface area contributed by atoms with E-state index in [-0.39, 0.29) is 36.7 Å². The van der Waals surface area contributed by atoms with Crippen LogP contribution in [0.2, 0.25) is 5.02 Å². The van der Waals surface area contributed by atoms with Crippen LogP contribution in [0.1, 0.15) is 25.3 Å². The average Bonchev–Trinajstić information content (AvgIpc) is 2.66. The normalized spacial score (nSPS) is 16.4. The summed E-state index contributed by atoms with van der Waals surface area (Å²) < 4.78 is 68.9. The Hall–Kier alpha value is -1.85. The number of ether oxygens (including phenoxy) is 1. The highest BCUT2D eigenvalue weighted by Gasteiger charge is 2.34. The number of benzene rings is 1. The van der Waals surface area contributed by atoms with Gasteiger partial charge < -0.3 is 10.1 Å². The number of nitrogens with zero attached hydrogens (tertiary/aromatic N) is 1. The number of nitrogens with one attached hydrogen (secondary N) is 1. The Balaban J connectivity index is 1.88. The lowest BCUT2D eigenvalue weighted by molar-refractivity contribution is -0.152. The predicted octanol–water partition coefficient (Wildman–Crippen LogP) is 2.90. The Labute approximate surface area is 171 Å². The summed E-state index contributed by atoms with van der Waals surface area (Å²) in [6.07, 6.45) is -4.23. The number of hydrogen-bond donors (Lipinski definition) is 1. The minimum absolute atomic E-state index is 0.0348. The molecule has 1 fully saturated rings. The molecule has 29 heavy (non-hydrogen) atoms. The van der Waals surface area contributed by atoms with Gasteiger partial charge in [-0.1, -0.05) is 11.6 Å². The Morgan fingerprint density at radius 1 is 1.28 bits per heavy atom. The fourth-order valence-electron chi connectivity index (χ4n) is 2.85. The number of alkyl halides is 3. The molecule has 1 saturated heterocycles. The fourth-order valence-corrected chi connectivity index (χ4v) is 4.16. The number of anilines is 1. The van der Waals surface area contributed by atoms with Crippen LogP contribution in [0.25, 0.3) is 0 Å². The van der Waals surface area contributed by atoms with Gasteiger partial charge in [0.25, 0.3) is 5.91 Å². The van der Waals surface area contributed by atoms with Gasteiger partial charge in [0.15, 0.2) is 6.61 Å². The average molecular weight is 457 g/mol. The lowest BCUT2D eigenvalue weighted by atomic mass is 9.98. The van der Waals surface area contributed by atoms with E-state index in [1.54, 1.807) is 0 Å². The van der Waals surface area contributed by atoms with Crippen LogP contribution in [-0.4, -0.2) is 50.0 Å². The number of sulfonamides is 1. The van der Waals surface area contributed by atoms with Gasteiger partial charge in [-0.3, -0.25) is 9.59 Å². The molecule has 162 valence electrons. The molecule has 1 heterocycles. The van der Waals surface area contributed by atoms with E-state index in [2.05, 4.69) is 5.32 Å². The van der Waals surface area contributed by atoms with Gasteiger partial charge in [0.2, 0.25) is 10.0 Å². The van der Waals surface area contributed by atoms with Crippen molar-refractivity contribution in [2.24, 2.45) is 5.92 Å². The highest BCUT2D eigenvalue weighted by Crippen LogP contribution is 2.36. The summed E-state index contributed by atoms with van der Waals surface area (Å²) in [5, 5.41) is 1.91. The summed E-state index contributed by atoms with van der Waals surface area (Å²) in [7, 11) is -3.33. The molecule has 0 saturated carbocycles. The molecule has 7 nitrogen and oxygen atoms in total. The van der Waals surface area contributed by atoms with E-state index in [4.69, 9.17) is 16.3 Å². The fraction of sp³-hybridized carbons (Fsp3) is 0.529. The summed E-state index contributed by atoms with van der Waals surface area (Å²) >= 11 is 5.57. The number of rotatable bonds is 6. The van der Waals surface area contributed by atoms with Crippen molar-refractivity contribution in [1.82, 2.24) is 4.31 Å². The van der Waals surface area contributed by atoms with Crippen molar-refractivity contribution in [2.45, 2.75) is 25.9 Å². The predicted molar refractivity (Wildman–Crippen MR) is 99.8 cm³/mol. The van der Waals surface area contributed by atoms with Gasteiger partial charge in [-0.15, -0.1) is 0 Å². The molecule has 1 aliphatic rings. The van der Waals surface area contributed by atoms with Crippen LogP contribution in [0.15, 0.2) is 18.2 Å². The van der Waals surface area contributed by atoms with E-state index >= 15 is 0 Å². The van der Waals surface area contributed by atoms with E-state index in [0.717, 1.165) is 6.07 Å². The SMILES string of the molecule is CCS(=O)(=O)N1CCC(C(=O)OCC(=O)Nc2ccc(Cl)cc2C(F)(F)F)CC1. The zero-order valence-electron chi connectivity index (χ0n) is 15.5. The molecule has 2 rings (SSSR count). The van der Waals surface area contributed by atoms with Crippen molar-refractivity contribution in [3.8, 4) is 0 Å². The van der Waals surface area contributed by atoms with Gasteiger partial charge in [-0.2, -0.15) is 13.2 Å². The van der Waals surface area contributed by atoms with Gasteiger partial charge in [0.05, 0.1) is 22.9 Å². The second-order valence-electron chi connectivity index (χ2n) is 6.42. The first kappa shape index (κ1) is 23.4. The number of halogens is 4. The van der Waals surface area contributed by atoms with E-state index in [1.807, 2.05) is 0 Å². The van der Waals surface area contributed by atoms with Crippen LogP contribution < -0.4 is 5.32 Å². The smallest absolute Gasteiger partial charge is 0.418 e. The number of hydrogen-bond acceptors (Lipinski definition) is 5. The van der Waals surface area contributed by atoms with Crippen LogP contribution in [0.3, 0.4) is 0 Å². The van der Waals surface area contributed by atoms with Crippen LogP contribution in [0.5, 0.6) is 0 Å². The second-order valence-corrected chi connectivity index (χ2v) is 9.11. The zero-order chi connectivity index (χ0) is 21.8. The number of carbonyl (C=O) groups is 2. The molecule has 1 aromatic carbocycles. The summed E-state index contributed by atoms with van der Waals surface area (Å²) in [6.45, 7) is 1.11. The molecular formula is C17H20ClF3N2O5S. The van der Waals surface area contributed by atoms with Crippen molar-refractivity contribution in [1.29, 1.82) is 0 Å². The standard InChI is InChI=1S/C17H20ClF3N2O5S/c1-2-29(26,27)23-7-5-11(6-8-23)16(25)28-10-15(24)22-14-4-3-12(18)9-13(14)17(19,20)21/h3-4,9,11H,2,5-8,10H2,1H3,(H,22,24). The highest BCUT2D eigenvalue weighted by molar-refractivity contribution is 7.89. The summed E-state index contributed by atoms with van der Waals surface area (Å²) in [4.78, 5) is 24.0. The number of amides is 1. The van der Waals surface area contributed by atoms with E-state index < -0.39 is 51.9 Å². The minimum atomic E-state index is -4.73. The Morgan fingerprint density at radius 2 is 1.90 bits per heavy atom. The third kappa shape index (κ3) is 6.31. The molecule has 1 N–H and O–H groups in total. The minimum Gasteiger partial charge on any atom is -0.455 e. The topological polar surface area (TPSA) is 92.8 Å². The first-order chi connectivity index (χ1) is 13.4. The Kier molecular flexibility index (Phi) is 7.52. The second kappa shape index (κ2) is 9.31. The molecule has 0 bridgehead atoms. The van der Waals surface area contributed by atoms with Crippen LogP contribution in [-0.2, 0) is 30.5 Å². The van der Waals surface area contributed by atoms with Crippen LogP contribution in [0.4, 0.5) is 18.9 Å². The Morgan fingerprint density at radius 3 is 2.45 bits per heavy atom. The molecule has 12 heteroatoms. The molecule has 0 aromatic heterocycles. The van der Waals surface area contributed by atoms with E-state index in [9.17, 15) is 31.2 Å². The summed E-state index contributed by atoms with van der Waals surface area (Å²) in [5.41, 5.74) is -1.62. The largest absolute Gasteiger partial charge is 0.455 e. The lowest BCUT2D eigenvalue weighted by Gasteiger charge is -2.29. The molecule has 1 aliphatic heterocycles. The third-order valence-electron chi connectivity index (χ3n) is 4.45. The van der Waals surface area contributed by atoms with Crippen molar-refractivity contribution in [3.63, 3.8) is 0 Å². The Bertz CT molecular complexity index is 868. The molecule has 0 aliphatic carbocycles. The first-order valence-corrected chi connectivity index (χ1v) is 10.7. The molecule has 0 unspecified atom stereocenters. The van der Waals surface area contributed by atoms with Crippen LogP contribution in [0, 0.1) is 5.92 Å². The lowest BCUT2D eigenvalue weighted by Crippen LogP contribution is -2.41. The van der Waals surface area contributed by atoms with E-state index in [0.29, 0.717) is 6.07 Å². The monoisotopic (exact) mass is 456 g/mol. The quantitative estimate of drug-likeness (QED) is 0.664. The molecule has 0 spiro atoms. The van der Waals surface area contributed by atoms with Crippen molar-refractivity contribution >= 4 is 39.2 Å².